The van der Waals surface area contributed by atoms with Crippen molar-refractivity contribution in [2.24, 2.45) is 0 Å². The molecule has 0 aromatic heterocycles. The number of nitrogens with one attached hydrogen (secondary N) is 1. The second-order valence-corrected chi connectivity index (χ2v) is 7.37. The molecule has 0 radical (unpaired) electrons. The number of hydrogen-bond donors (Lipinski definition) is 1. The van der Waals surface area contributed by atoms with Gasteiger partial charge >= 0.3 is 0 Å². The average Bonchev–Trinajstić information content (AvgIpc) is 2.74. The van der Waals surface area contributed by atoms with Crippen molar-refractivity contribution in [1.82, 2.24) is 15.1 Å². The number of nitrogens with zero attached hydrogens (tertiary/aromatic N) is 2. The Morgan fingerprint density at radius 1 is 0.929 bits per heavy atom. The molecule has 28 heavy (non-hydrogen) atoms. The minimum absolute atomic E-state index is 0.0328. The van der Waals surface area contributed by atoms with Crippen molar-refractivity contribution in [3.8, 4) is 0 Å². The Hall–Kier alpha value is -2.37. The van der Waals surface area contributed by atoms with E-state index in [4.69, 9.17) is 11.6 Å². The molecule has 2 aromatic rings. The van der Waals surface area contributed by atoms with Gasteiger partial charge in [0.2, 0.25) is 0 Å². The van der Waals surface area contributed by atoms with Gasteiger partial charge in [-0.1, -0.05) is 30.7 Å². The maximum Gasteiger partial charge on any atom is 0.253 e. The van der Waals surface area contributed by atoms with Gasteiger partial charge in [-0.3, -0.25) is 9.59 Å². The number of carbonyl (C=O) groups is 2. The Morgan fingerprint density at radius 3 is 2.14 bits per heavy atom. The quantitative estimate of drug-likeness (QED) is 0.812. The second-order valence-electron chi connectivity index (χ2n) is 6.94. The van der Waals surface area contributed by atoms with E-state index < -0.39 is 0 Å². The van der Waals surface area contributed by atoms with Gasteiger partial charge in [0.05, 0.1) is 0 Å². The molecule has 0 saturated carbocycles. The van der Waals surface area contributed by atoms with Crippen LogP contribution in [0.25, 0.3) is 0 Å². The molecule has 2 amide bonds. The van der Waals surface area contributed by atoms with E-state index in [2.05, 4.69) is 17.1 Å². The van der Waals surface area contributed by atoms with Crippen molar-refractivity contribution in [1.29, 1.82) is 0 Å². The van der Waals surface area contributed by atoms with Crippen LogP contribution in [0, 0.1) is 0 Å². The van der Waals surface area contributed by atoms with E-state index in [9.17, 15) is 9.59 Å². The lowest BCUT2D eigenvalue weighted by atomic mass is 10.1. The maximum absolute atomic E-state index is 12.6. The SMILES string of the molecule is CCN1CCN(C(=O)c2ccc(C(=O)NCCc3ccc(Cl)cc3)cc2)CC1. The van der Waals surface area contributed by atoms with Crippen LogP contribution >= 0.6 is 11.6 Å². The minimum atomic E-state index is -0.135. The summed E-state index contributed by atoms with van der Waals surface area (Å²) in [7, 11) is 0. The van der Waals surface area contributed by atoms with Crippen molar-refractivity contribution in [3.05, 3.63) is 70.2 Å². The van der Waals surface area contributed by atoms with E-state index in [1.165, 1.54) is 0 Å². The molecule has 0 aliphatic carbocycles. The van der Waals surface area contributed by atoms with Crippen LogP contribution in [0.1, 0.15) is 33.2 Å². The number of piperazine rings is 1. The first-order chi connectivity index (χ1) is 13.6. The highest BCUT2D eigenvalue weighted by molar-refractivity contribution is 6.30. The van der Waals surface area contributed by atoms with Crippen molar-refractivity contribution < 1.29 is 9.59 Å². The number of likely N-dealkylation sites (N-methyl/N-ethyl adjacent to an activating group) is 1. The second kappa shape index (κ2) is 9.71. The summed E-state index contributed by atoms with van der Waals surface area (Å²) in [6.07, 6.45) is 0.739. The van der Waals surface area contributed by atoms with Gasteiger partial charge in [0, 0.05) is 48.9 Å². The molecule has 2 aromatic carbocycles. The standard InChI is InChI=1S/C22H26ClN3O2/c1-2-25-13-15-26(16-14-25)22(28)19-7-5-18(6-8-19)21(27)24-12-11-17-3-9-20(23)10-4-17/h3-10H,2,11-16H2,1H3,(H,24,27). The summed E-state index contributed by atoms with van der Waals surface area (Å²) in [6.45, 7) is 7.02. The lowest BCUT2D eigenvalue weighted by molar-refractivity contribution is 0.0643. The fraction of sp³-hybridized carbons (Fsp3) is 0.364. The normalized spacial score (nSPS) is 14.7. The van der Waals surface area contributed by atoms with Gasteiger partial charge in [0.1, 0.15) is 0 Å². The lowest BCUT2D eigenvalue weighted by Gasteiger charge is -2.34. The van der Waals surface area contributed by atoms with Crippen molar-refractivity contribution in [2.45, 2.75) is 13.3 Å². The molecule has 0 unspecified atom stereocenters. The number of rotatable bonds is 6. The lowest BCUT2D eigenvalue weighted by Crippen LogP contribution is -2.48. The third-order valence-electron chi connectivity index (χ3n) is 5.11. The predicted octanol–water partition coefficient (Wildman–Crippen LogP) is 3.09. The third-order valence-corrected chi connectivity index (χ3v) is 5.37. The molecular formula is C22H26ClN3O2. The number of benzene rings is 2. The molecule has 148 valence electrons. The van der Waals surface area contributed by atoms with Gasteiger partial charge in [-0.15, -0.1) is 0 Å². The van der Waals surface area contributed by atoms with E-state index in [1.807, 2.05) is 29.2 Å². The van der Waals surface area contributed by atoms with E-state index in [0.29, 0.717) is 22.7 Å². The molecule has 0 spiro atoms. The highest BCUT2D eigenvalue weighted by atomic mass is 35.5. The summed E-state index contributed by atoms with van der Waals surface area (Å²) < 4.78 is 0. The summed E-state index contributed by atoms with van der Waals surface area (Å²) in [5.41, 5.74) is 2.31. The molecule has 6 heteroatoms. The van der Waals surface area contributed by atoms with Gasteiger partial charge in [0.15, 0.2) is 0 Å². The molecule has 1 N–H and O–H groups in total. The summed E-state index contributed by atoms with van der Waals surface area (Å²) in [5, 5.41) is 3.62. The molecule has 1 heterocycles. The van der Waals surface area contributed by atoms with Crippen LogP contribution in [0.4, 0.5) is 0 Å². The van der Waals surface area contributed by atoms with Crippen molar-refractivity contribution in [3.63, 3.8) is 0 Å². The van der Waals surface area contributed by atoms with E-state index in [-0.39, 0.29) is 11.8 Å². The first kappa shape index (κ1) is 20.4. The zero-order chi connectivity index (χ0) is 19.9. The molecular weight excluding hydrogens is 374 g/mol. The van der Waals surface area contributed by atoms with Gasteiger partial charge in [0.25, 0.3) is 11.8 Å². The molecule has 1 fully saturated rings. The fourth-order valence-electron chi connectivity index (χ4n) is 3.29. The summed E-state index contributed by atoms with van der Waals surface area (Å²) in [6, 6.07) is 14.5. The first-order valence-electron chi connectivity index (χ1n) is 9.71. The smallest absolute Gasteiger partial charge is 0.253 e. The van der Waals surface area contributed by atoms with E-state index in [0.717, 1.165) is 44.7 Å². The highest BCUT2D eigenvalue weighted by Gasteiger charge is 2.21. The van der Waals surface area contributed by atoms with Crippen LogP contribution in [0.15, 0.2) is 48.5 Å². The first-order valence-corrected chi connectivity index (χ1v) is 10.1. The molecule has 1 aliphatic rings. The van der Waals surface area contributed by atoms with Gasteiger partial charge in [-0.05, 0) is 54.9 Å². The van der Waals surface area contributed by atoms with Crippen LogP contribution in [-0.2, 0) is 6.42 Å². The van der Waals surface area contributed by atoms with E-state index >= 15 is 0 Å². The van der Waals surface area contributed by atoms with Crippen LogP contribution in [0.2, 0.25) is 5.02 Å². The topological polar surface area (TPSA) is 52.7 Å². The zero-order valence-electron chi connectivity index (χ0n) is 16.2. The van der Waals surface area contributed by atoms with E-state index in [1.54, 1.807) is 24.3 Å². The molecule has 1 aliphatic heterocycles. The molecule has 3 rings (SSSR count). The summed E-state index contributed by atoms with van der Waals surface area (Å²) >= 11 is 5.87. The van der Waals surface area contributed by atoms with Crippen LogP contribution < -0.4 is 5.32 Å². The molecule has 0 bridgehead atoms. The molecule has 1 saturated heterocycles. The predicted molar refractivity (Wildman–Crippen MR) is 112 cm³/mol. The monoisotopic (exact) mass is 399 g/mol. The van der Waals surface area contributed by atoms with Crippen molar-refractivity contribution >= 4 is 23.4 Å². The van der Waals surface area contributed by atoms with Gasteiger partial charge in [-0.2, -0.15) is 0 Å². The summed E-state index contributed by atoms with van der Waals surface area (Å²) in [4.78, 5) is 29.2. The zero-order valence-corrected chi connectivity index (χ0v) is 16.9. The summed E-state index contributed by atoms with van der Waals surface area (Å²) in [5.74, 6) is -0.102. The average molecular weight is 400 g/mol. The Labute approximate surface area is 171 Å². The third kappa shape index (κ3) is 5.33. The molecule has 0 atom stereocenters. The number of amides is 2. The maximum atomic E-state index is 12.6. The Bertz CT molecular complexity index is 798. The number of hydrogen-bond acceptors (Lipinski definition) is 3. The van der Waals surface area contributed by atoms with Gasteiger partial charge < -0.3 is 15.1 Å². The van der Waals surface area contributed by atoms with Crippen LogP contribution in [0.3, 0.4) is 0 Å². The highest BCUT2D eigenvalue weighted by Crippen LogP contribution is 2.12. The Kier molecular flexibility index (Phi) is 7.06. The van der Waals surface area contributed by atoms with Crippen molar-refractivity contribution in [2.75, 3.05) is 39.3 Å². The largest absolute Gasteiger partial charge is 0.352 e. The van der Waals surface area contributed by atoms with Crippen LogP contribution in [-0.4, -0.2) is 60.9 Å². The van der Waals surface area contributed by atoms with Crippen LogP contribution in [0.5, 0.6) is 0 Å². The molecule has 5 nitrogen and oxygen atoms in total. The Balaban J connectivity index is 1.49. The Morgan fingerprint density at radius 2 is 1.54 bits per heavy atom. The van der Waals surface area contributed by atoms with Gasteiger partial charge in [-0.25, -0.2) is 0 Å². The number of halogens is 1. The number of carbonyl (C=O) groups excluding carboxylic acids is 2. The fourth-order valence-corrected chi connectivity index (χ4v) is 3.41. The minimum Gasteiger partial charge on any atom is -0.352 e.